The Balaban J connectivity index is 1.91. The summed E-state index contributed by atoms with van der Waals surface area (Å²) >= 11 is 0. The highest BCUT2D eigenvalue weighted by molar-refractivity contribution is 7.89. The predicted molar refractivity (Wildman–Crippen MR) is 115 cm³/mol. The first-order valence-electron chi connectivity index (χ1n) is 10.2. The number of aromatic nitrogens is 2. The number of sulfonamides is 1. The fourth-order valence-corrected chi connectivity index (χ4v) is 4.94. The van der Waals surface area contributed by atoms with E-state index in [1.807, 2.05) is 6.92 Å². The van der Waals surface area contributed by atoms with Crippen molar-refractivity contribution >= 4 is 27.4 Å². The molecule has 0 atom stereocenters. The molecule has 2 aromatic rings. The molecular weight excluding hydrogens is 426 g/mol. The van der Waals surface area contributed by atoms with Gasteiger partial charge in [-0.15, -0.1) is 0 Å². The first kappa shape index (κ1) is 22.8. The zero-order chi connectivity index (χ0) is 22.8. The third kappa shape index (κ3) is 4.44. The van der Waals surface area contributed by atoms with E-state index in [9.17, 15) is 22.8 Å². The second-order valence-corrected chi connectivity index (χ2v) is 9.31. The Bertz CT molecular complexity index is 1170. The van der Waals surface area contributed by atoms with Crippen LogP contribution in [0.25, 0.3) is 0 Å². The van der Waals surface area contributed by atoms with E-state index in [0.717, 1.165) is 30.6 Å². The molecule has 170 valence electrons. The first-order valence-corrected chi connectivity index (χ1v) is 11.6. The molecule has 0 aromatic carbocycles. The van der Waals surface area contributed by atoms with Gasteiger partial charge in [0.25, 0.3) is 21.5 Å². The Morgan fingerprint density at radius 2 is 1.90 bits per heavy atom. The number of aromatic amines is 1. The number of hydrogen-bond acceptors (Lipinski definition) is 7. The highest BCUT2D eigenvalue weighted by Gasteiger charge is 2.31. The monoisotopic (exact) mass is 453 g/mol. The maximum atomic E-state index is 12.9. The standard InChI is InChI=1S/C19H27N5O6S/c1-3-4-12-24-16(20)15(17(25)21-19(24)27)22(2)18(26)13-8-9-14(30-13)31(28,29)23-10-6-5-7-11-23/h8-9H,3-7,10-12,20H2,1-2H3,(H,21,25,27). The van der Waals surface area contributed by atoms with E-state index in [2.05, 4.69) is 4.98 Å². The summed E-state index contributed by atoms with van der Waals surface area (Å²) in [5.74, 6) is -1.17. The molecule has 12 heteroatoms. The summed E-state index contributed by atoms with van der Waals surface area (Å²) in [5.41, 5.74) is 4.34. The van der Waals surface area contributed by atoms with Crippen LogP contribution in [-0.2, 0) is 16.6 Å². The largest absolute Gasteiger partial charge is 0.438 e. The summed E-state index contributed by atoms with van der Waals surface area (Å²) < 4.78 is 33.4. The summed E-state index contributed by atoms with van der Waals surface area (Å²) in [6.07, 6.45) is 3.96. The summed E-state index contributed by atoms with van der Waals surface area (Å²) in [4.78, 5) is 40.5. The van der Waals surface area contributed by atoms with Gasteiger partial charge in [-0.25, -0.2) is 13.2 Å². The van der Waals surface area contributed by atoms with Crippen LogP contribution in [0.3, 0.4) is 0 Å². The molecule has 0 radical (unpaired) electrons. The Morgan fingerprint density at radius 1 is 1.23 bits per heavy atom. The number of amides is 1. The molecule has 31 heavy (non-hydrogen) atoms. The fraction of sp³-hybridized carbons (Fsp3) is 0.526. The lowest BCUT2D eigenvalue weighted by atomic mass is 10.2. The van der Waals surface area contributed by atoms with Crippen molar-refractivity contribution in [2.75, 3.05) is 30.8 Å². The average molecular weight is 454 g/mol. The van der Waals surface area contributed by atoms with Crippen LogP contribution < -0.4 is 21.9 Å². The molecule has 0 bridgehead atoms. The van der Waals surface area contributed by atoms with Crippen molar-refractivity contribution in [2.45, 2.75) is 50.7 Å². The zero-order valence-electron chi connectivity index (χ0n) is 17.6. The van der Waals surface area contributed by atoms with Crippen LogP contribution in [-0.4, -0.2) is 48.3 Å². The van der Waals surface area contributed by atoms with Gasteiger partial charge in [-0.2, -0.15) is 4.31 Å². The second kappa shape index (κ2) is 9.10. The lowest BCUT2D eigenvalue weighted by molar-refractivity contribution is 0.0960. The number of carbonyl (C=O) groups excluding carboxylic acids is 1. The third-order valence-corrected chi connectivity index (χ3v) is 7.06. The number of hydrogen-bond donors (Lipinski definition) is 2. The van der Waals surface area contributed by atoms with Crippen LogP contribution in [0.1, 0.15) is 49.6 Å². The number of carbonyl (C=O) groups is 1. The lowest BCUT2D eigenvalue weighted by Crippen LogP contribution is -2.39. The average Bonchev–Trinajstić information content (AvgIpc) is 3.24. The number of nitrogens with zero attached hydrogens (tertiary/aromatic N) is 3. The zero-order valence-corrected chi connectivity index (χ0v) is 18.4. The molecule has 0 unspecified atom stereocenters. The lowest BCUT2D eigenvalue weighted by Gasteiger charge is -2.24. The van der Waals surface area contributed by atoms with Crippen LogP contribution in [0.2, 0.25) is 0 Å². The van der Waals surface area contributed by atoms with E-state index < -0.39 is 27.2 Å². The van der Waals surface area contributed by atoms with E-state index >= 15 is 0 Å². The van der Waals surface area contributed by atoms with E-state index in [-0.39, 0.29) is 28.9 Å². The highest BCUT2D eigenvalue weighted by atomic mass is 32.2. The van der Waals surface area contributed by atoms with Crippen molar-refractivity contribution < 1.29 is 17.6 Å². The van der Waals surface area contributed by atoms with Crippen molar-refractivity contribution in [2.24, 2.45) is 0 Å². The van der Waals surface area contributed by atoms with Gasteiger partial charge in [0.05, 0.1) is 0 Å². The van der Waals surface area contributed by atoms with Crippen molar-refractivity contribution in [1.29, 1.82) is 0 Å². The van der Waals surface area contributed by atoms with Crippen LogP contribution in [0.5, 0.6) is 0 Å². The minimum atomic E-state index is -3.85. The molecule has 3 rings (SSSR count). The fourth-order valence-electron chi connectivity index (χ4n) is 3.51. The number of rotatable bonds is 7. The van der Waals surface area contributed by atoms with Gasteiger partial charge in [-0.1, -0.05) is 19.8 Å². The molecule has 1 saturated heterocycles. The molecule has 1 aliphatic rings. The number of H-pyrrole nitrogens is 1. The topological polar surface area (TPSA) is 152 Å². The summed E-state index contributed by atoms with van der Waals surface area (Å²) in [5, 5.41) is -0.332. The van der Waals surface area contributed by atoms with Gasteiger partial charge >= 0.3 is 5.69 Å². The number of furan rings is 1. The van der Waals surface area contributed by atoms with Gasteiger partial charge < -0.3 is 15.1 Å². The SMILES string of the molecule is CCCCn1c(N)c(N(C)C(=O)c2ccc(S(=O)(=O)N3CCCCC3)o2)c(=O)[nH]c1=O. The quantitative estimate of drug-likeness (QED) is 0.633. The van der Waals surface area contributed by atoms with E-state index in [4.69, 9.17) is 10.2 Å². The predicted octanol–water partition coefficient (Wildman–Crippen LogP) is 0.963. The summed E-state index contributed by atoms with van der Waals surface area (Å²) in [6, 6.07) is 2.47. The van der Waals surface area contributed by atoms with Gasteiger partial charge in [-0.05, 0) is 31.4 Å². The van der Waals surface area contributed by atoms with Crippen molar-refractivity contribution in [1.82, 2.24) is 13.9 Å². The first-order chi connectivity index (χ1) is 14.7. The van der Waals surface area contributed by atoms with E-state index in [1.165, 1.54) is 28.1 Å². The van der Waals surface area contributed by atoms with Crippen LogP contribution in [0.15, 0.2) is 31.2 Å². The van der Waals surface area contributed by atoms with Gasteiger partial charge in [0, 0.05) is 26.7 Å². The van der Waals surface area contributed by atoms with Gasteiger partial charge in [-0.3, -0.25) is 19.1 Å². The molecule has 1 aliphatic heterocycles. The van der Waals surface area contributed by atoms with E-state index in [0.29, 0.717) is 19.5 Å². The Kier molecular flexibility index (Phi) is 6.70. The van der Waals surface area contributed by atoms with Crippen molar-refractivity contribution in [3.8, 4) is 0 Å². The van der Waals surface area contributed by atoms with Crippen LogP contribution in [0, 0.1) is 0 Å². The molecule has 3 N–H and O–H groups in total. The minimum absolute atomic E-state index is 0.147. The number of piperidine rings is 1. The minimum Gasteiger partial charge on any atom is -0.438 e. The molecule has 0 aliphatic carbocycles. The smallest absolute Gasteiger partial charge is 0.330 e. The van der Waals surface area contributed by atoms with Crippen LogP contribution in [0.4, 0.5) is 11.5 Å². The molecule has 11 nitrogen and oxygen atoms in total. The number of nitrogens with one attached hydrogen (secondary N) is 1. The maximum Gasteiger partial charge on any atom is 0.330 e. The second-order valence-electron chi connectivity index (χ2n) is 7.45. The Morgan fingerprint density at radius 3 is 2.55 bits per heavy atom. The van der Waals surface area contributed by atoms with E-state index in [1.54, 1.807) is 0 Å². The summed E-state index contributed by atoms with van der Waals surface area (Å²) in [7, 11) is -2.54. The van der Waals surface area contributed by atoms with Gasteiger partial charge in [0.2, 0.25) is 5.09 Å². The van der Waals surface area contributed by atoms with Gasteiger partial charge in [0.15, 0.2) is 11.4 Å². The normalized spacial score (nSPS) is 15.2. The third-order valence-electron chi connectivity index (χ3n) is 5.29. The number of nitrogen functional groups attached to an aromatic ring is 1. The molecule has 1 amide bonds. The molecule has 0 saturated carbocycles. The van der Waals surface area contributed by atoms with Crippen molar-refractivity contribution in [3.05, 3.63) is 38.7 Å². The molecule has 2 aromatic heterocycles. The maximum absolute atomic E-state index is 12.9. The number of nitrogens with two attached hydrogens (primary N) is 1. The molecule has 3 heterocycles. The number of unbranched alkanes of at least 4 members (excludes halogenated alkanes) is 1. The molecule has 0 spiro atoms. The van der Waals surface area contributed by atoms with Crippen molar-refractivity contribution in [3.63, 3.8) is 0 Å². The van der Waals surface area contributed by atoms with Gasteiger partial charge in [0.1, 0.15) is 5.82 Å². The molecular formula is C19H27N5O6S. The Labute approximate surface area is 179 Å². The van der Waals surface area contributed by atoms with Crippen LogP contribution >= 0.6 is 0 Å². The number of anilines is 2. The summed E-state index contributed by atoms with van der Waals surface area (Å²) in [6.45, 7) is 3.02. The highest BCUT2D eigenvalue weighted by Crippen LogP contribution is 2.24. The molecule has 1 fully saturated rings. The Hall–Kier alpha value is -2.86.